The molecule has 0 spiro atoms. The Hall–Kier alpha value is -0.120. The molecule has 0 radical (unpaired) electrons. The number of ether oxygens (including phenoxy) is 1. The van der Waals surface area contributed by atoms with Gasteiger partial charge in [0.15, 0.2) is 0 Å². The van der Waals surface area contributed by atoms with Gasteiger partial charge in [-0.15, -0.1) is 0 Å². The Balaban J connectivity index is 1.64. The molecule has 2 rings (SSSR count). The fourth-order valence-corrected chi connectivity index (χ4v) is 3.17. The minimum absolute atomic E-state index is 0.456. The SMILES string of the molecule is CCCNCC1CCC(CN2CCC(C)(C)C2)O1. The number of hydrogen-bond acceptors (Lipinski definition) is 3. The highest BCUT2D eigenvalue weighted by Gasteiger charge is 2.32. The third-order valence-electron chi connectivity index (χ3n) is 4.21. The summed E-state index contributed by atoms with van der Waals surface area (Å²) in [6.45, 7) is 12.8. The smallest absolute Gasteiger partial charge is 0.0707 e. The fourth-order valence-electron chi connectivity index (χ4n) is 3.17. The van der Waals surface area contributed by atoms with Gasteiger partial charge in [-0.05, 0) is 44.2 Å². The van der Waals surface area contributed by atoms with Crippen molar-refractivity contribution in [3.05, 3.63) is 0 Å². The van der Waals surface area contributed by atoms with Gasteiger partial charge in [-0.3, -0.25) is 0 Å². The third-order valence-corrected chi connectivity index (χ3v) is 4.21. The molecule has 2 atom stereocenters. The monoisotopic (exact) mass is 254 g/mol. The van der Waals surface area contributed by atoms with Crippen molar-refractivity contribution in [1.29, 1.82) is 0 Å². The van der Waals surface area contributed by atoms with Gasteiger partial charge in [-0.2, -0.15) is 0 Å². The van der Waals surface area contributed by atoms with Crippen LogP contribution in [0.2, 0.25) is 0 Å². The Kier molecular flexibility index (Phi) is 5.05. The minimum Gasteiger partial charge on any atom is -0.372 e. The van der Waals surface area contributed by atoms with E-state index in [1.165, 1.54) is 38.8 Å². The summed E-state index contributed by atoms with van der Waals surface area (Å²) in [5.41, 5.74) is 0.515. The van der Waals surface area contributed by atoms with E-state index in [1.54, 1.807) is 0 Å². The molecular weight excluding hydrogens is 224 g/mol. The van der Waals surface area contributed by atoms with Crippen LogP contribution in [-0.2, 0) is 4.74 Å². The summed E-state index contributed by atoms with van der Waals surface area (Å²) in [7, 11) is 0. The topological polar surface area (TPSA) is 24.5 Å². The van der Waals surface area contributed by atoms with Gasteiger partial charge in [-0.25, -0.2) is 0 Å². The number of rotatable bonds is 6. The van der Waals surface area contributed by atoms with Crippen LogP contribution in [0.1, 0.15) is 46.5 Å². The van der Waals surface area contributed by atoms with Crippen LogP contribution in [0.4, 0.5) is 0 Å². The highest BCUT2D eigenvalue weighted by molar-refractivity contribution is 4.85. The maximum absolute atomic E-state index is 6.13. The Morgan fingerprint density at radius 2 is 2.06 bits per heavy atom. The highest BCUT2D eigenvalue weighted by atomic mass is 16.5. The van der Waals surface area contributed by atoms with E-state index in [2.05, 4.69) is 31.0 Å². The van der Waals surface area contributed by atoms with Crippen LogP contribution in [0.3, 0.4) is 0 Å². The van der Waals surface area contributed by atoms with Gasteiger partial charge in [0.1, 0.15) is 0 Å². The van der Waals surface area contributed by atoms with E-state index >= 15 is 0 Å². The molecule has 3 heteroatoms. The van der Waals surface area contributed by atoms with Crippen LogP contribution in [0.15, 0.2) is 0 Å². The van der Waals surface area contributed by atoms with Gasteiger partial charge in [0.25, 0.3) is 0 Å². The first-order valence-corrected chi connectivity index (χ1v) is 7.67. The summed E-state index contributed by atoms with van der Waals surface area (Å²) in [4.78, 5) is 2.59. The maximum Gasteiger partial charge on any atom is 0.0707 e. The van der Waals surface area contributed by atoms with Gasteiger partial charge in [-0.1, -0.05) is 20.8 Å². The zero-order chi connectivity index (χ0) is 13.0. The van der Waals surface area contributed by atoms with Crippen molar-refractivity contribution < 1.29 is 4.74 Å². The molecule has 0 aromatic heterocycles. The average molecular weight is 254 g/mol. The van der Waals surface area contributed by atoms with Crippen molar-refractivity contribution in [3.63, 3.8) is 0 Å². The van der Waals surface area contributed by atoms with E-state index in [-0.39, 0.29) is 0 Å². The first kappa shape index (κ1) is 14.3. The molecule has 2 saturated heterocycles. The molecule has 0 saturated carbocycles. The van der Waals surface area contributed by atoms with E-state index < -0.39 is 0 Å². The van der Waals surface area contributed by atoms with Crippen molar-refractivity contribution in [2.45, 2.75) is 58.7 Å². The molecule has 3 nitrogen and oxygen atoms in total. The number of nitrogens with zero attached hydrogens (tertiary/aromatic N) is 1. The van der Waals surface area contributed by atoms with E-state index in [0.717, 1.165) is 19.6 Å². The molecule has 2 aliphatic rings. The van der Waals surface area contributed by atoms with Gasteiger partial charge < -0.3 is 15.0 Å². The van der Waals surface area contributed by atoms with Crippen molar-refractivity contribution in [2.24, 2.45) is 5.41 Å². The zero-order valence-electron chi connectivity index (χ0n) is 12.4. The van der Waals surface area contributed by atoms with Gasteiger partial charge in [0, 0.05) is 19.6 Å². The van der Waals surface area contributed by atoms with Crippen LogP contribution < -0.4 is 5.32 Å². The summed E-state index contributed by atoms with van der Waals surface area (Å²) < 4.78 is 6.13. The van der Waals surface area contributed by atoms with Crippen molar-refractivity contribution in [1.82, 2.24) is 10.2 Å². The quantitative estimate of drug-likeness (QED) is 0.736. The molecule has 106 valence electrons. The highest BCUT2D eigenvalue weighted by Crippen LogP contribution is 2.30. The van der Waals surface area contributed by atoms with Crippen LogP contribution in [0.25, 0.3) is 0 Å². The lowest BCUT2D eigenvalue weighted by molar-refractivity contribution is 0.0262. The molecule has 2 unspecified atom stereocenters. The molecule has 0 amide bonds. The van der Waals surface area contributed by atoms with Gasteiger partial charge in [0.05, 0.1) is 12.2 Å². The number of likely N-dealkylation sites (tertiary alicyclic amines) is 1. The average Bonchev–Trinajstić information content (AvgIpc) is 2.87. The Morgan fingerprint density at radius 1 is 1.28 bits per heavy atom. The van der Waals surface area contributed by atoms with Crippen LogP contribution >= 0.6 is 0 Å². The minimum atomic E-state index is 0.456. The molecule has 18 heavy (non-hydrogen) atoms. The van der Waals surface area contributed by atoms with Gasteiger partial charge >= 0.3 is 0 Å². The van der Waals surface area contributed by atoms with Crippen molar-refractivity contribution >= 4 is 0 Å². The van der Waals surface area contributed by atoms with Crippen molar-refractivity contribution in [3.8, 4) is 0 Å². The number of nitrogens with one attached hydrogen (secondary N) is 1. The molecular formula is C15H30N2O. The molecule has 2 fully saturated rings. The largest absolute Gasteiger partial charge is 0.372 e. The Labute approximate surface area is 112 Å². The lowest BCUT2D eigenvalue weighted by Crippen LogP contribution is -2.33. The molecule has 1 N–H and O–H groups in total. The molecule has 0 aromatic rings. The third kappa shape index (κ3) is 4.22. The lowest BCUT2D eigenvalue weighted by Gasteiger charge is -2.23. The normalized spacial score (nSPS) is 32.2. The van der Waals surface area contributed by atoms with Gasteiger partial charge in [0.2, 0.25) is 0 Å². The summed E-state index contributed by atoms with van der Waals surface area (Å²) >= 11 is 0. The Bertz CT molecular complexity index is 255. The second kappa shape index (κ2) is 6.36. The molecule has 0 aliphatic carbocycles. The second-order valence-electron chi connectivity index (χ2n) is 6.81. The first-order chi connectivity index (χ1) is 8.59. The van der Waals surface area contributed by atoms with E-state index in [1.807, 2.05) is 0 Å². The summed E-state index contributed by atoms with van der Waals surface area (Å²) in [5.74, 6) is 0. The summed E-state index contributed by atoms with van der Waals surface area (Å²) in [6.07, 6.45) is 5.96. The van der Waals surface area contributed by atoms with Crippen LogP contribution in [0.5, 0.6) is 0 Å². The Morgan fingerprint density at radius 3 is 2.72 bits per heavy atom. The predicted octanol–water partition coefficient (Wildman–Crippen LogP) is 2.27. The van der Waals surface area contributed by atoms with E-state index in [4.69, 9.17) is 4.74 Å². The number of hydrogen-bond donors (Lipinski definition) is 1. The molecule has 0 bridgehead atoms. The van der Waals surface area contributed by atoms with Crippen molar-refractivity contribution in [2.75, 3.05) is 32.7 Å². The molecule has 0 aromatic carbocycles. The standard InChI is InChI=1S/C15H30N2O/c1-4-8-16-10-13-5-6-14(18-13)11-17-9-7-15(2,3)12-17/h13-14,16H,4-12H2,1-3H3. The predicted molar refractivity (Wildman–Crippen MR) is 75.9 cm³/mol. The fraction of sp³-hybridized carbons (Fsp3) is 1.00. The van der Waals surface area contributed by atoms with E-state index in [0.29, 0.717) is 17.6 Å². The molecule has 2 heterocycles. The zero-order valence-corrected chi connectivity index (χ0v) is 12.4. The first-order valence-electron chi connectivity index (χ1n) is 7.67. The second-order valence-corrected chi connectivity index (χ2v) is 6.81. The molecule has 2 aliphatic heterocycles. The lowest BCUT2D eigenvalue weighted by atomic mass is 9.93. The van der Waals surface area contributed by atoms with Crippen LogP contribution in [0, 0.1) is 5.41 Å². The summed E-state index contributed by atoms with van der Waals surface area (Å²) in [5, 5.41) is 3.47. The summed E-state index contributed by atoms with van der Waals surface area (Å²) in [6, 6.07) is 0. The van der Waals surface area contributed by atoms with Crippen LogP contribution in [-0.4, -0.2) is 49.8 Å². The maximum atomic E-state index is 6.13. The van der Waals surface area contributed by atoms with E-state index in [9.17, 15) is 0 Å².